The van der Waals surface area contributed by atoms with Gasteiger partial charge in [0.1, 0.15) is 0 Å². The van der Waals surface area contributed by atoms with Crippen LogP contribution in [0.5, 0.6) is 0 Å². The molecule has 2 nitrogen and oxygen atoms in total. The molecule has 0 aliphatic carbocycles. The number of nitrogens with zero attached hydrogens (tertiary/aromatic N) is 2. The van der Waals surface area contributed by atoms with Crippen LogP contribution in [-0.2, 0) is 5.54 Å². The minimum absolute atomic E-state index is 0.0721. The maximum atomic E-state index is 4.25. The van der Waals surface area contributed by atoms with Crippen molar-refractivity contribution in [1.29, 1.82) is 0 Å². The molecule has 0 saturated carbocycles. The van der Waals surface area contributed by atoms with Gasteiger partial charge in [-0.15, -0.1) is 0 Å². The normalized spacial score (nSPS) is 12.4. The molecule has 3 rings (SSSR count). The van der Waals surface area contributed by atoms with Crippen molar-refractivity contribution in [2.24, 2.45) is 0 Å². The molecule has 0 fully saturated rings. The molecule has 0 amide bonds. The Bertz CT molecular complexity index is 634. The predicted molar refractivity (Wildman–Crippen MR) is 72.2 cm³/mol. The zero-order valence-corrected chi connectivity index (χ0v) is 10.4. The summed E-state index contributed by atoms with van der Waals surface area (Å²) in [5, 5.41) is 2.52. The molecule has 0 radical (unpaired) electrons. The number of para-hydroxylation sites is 1. The number of fused-ring (bicyclic) bond motifs is 3. The van der Waals surface area contributed by atoms with E-state index < -0.39 is 0 Å². The van der Waals surface area contributed by atoms with Gasteiger partial charge in [-0.1, -0.05) is 18.2 Å². The predicted octanol–water partition coefficient (Wildman–Crippen LogP) is 3.94. The zero-order chi connectivity index (χ0) is 12.0. The van der Waals surface area contributed by atoms with Gasteiger partial charge >= 0.3 is 0 Å². The van der Waals surface area contributed by atoms with Crippen molar-refractivity contribution in [3.8, 4) is 0 Å². The van der Waals surface area contributed by atoms with Gasteiger partial charge in [0.25, 0.3) is 0 Å². The first-order chi connectivity index (χ1) is 8.09. The molecule has 0 unspecified atom stereocenters. The Hall–Kier alpha value is -1.83. The number of benzene rings is 1. The lowest BCUT2D eigenvalue weighted by Crippen LogP contribution is -2.21. The maximum Gasteiger partial charge on any atom is 0.0527 e. The van der Waals surface area contributed by atoms with Crippen molar-refractivity contribution in [2.45, 2.75) is 26.3 Å². The minimum atomic E-state index is 0.0721. The van der Waals surface area contributed by atoms with E-state index in [0.717, 1.165) is 0 Å². The first-order valence-corrected chi connectivity index (χ1v) is 5.93. The standard InChI is InChI=1S/C15H16N2/c1-15(2,3)17-13-7-5-4-6-11(13)12-10-16-9-8-14(12)17/h4-10H,1-3H3. The monoisotopic (exact) mass is 224 g/mol. The average molecular weight is 224 g/mol. The largest absolute Gasteiger partial charge is 0.335 e. The van der Waals surface area contributed by atoms with E-state index in [-0.39, 0.29) is 5.54 Å². The van der Waals surface area contributed by atoms with Gasteiger partial charge in [-0.25, -0.2) is 0 Å². The quantitative estimate of drug-likeness (QED) is 0.565. The number of pyridine rings is 1. The highest BCUT2D eigenvalue weighted by atomic mass is 15.0. The van der Waals surface area contributed by atoms with Crippen molar-refractivity contribution in [2.75, 3.05) is 0 Å². The van der Waals surface area contributed by atoms with Gasteiger partial charge in [-0.3, -0.25) is 4.98 Å². The third kappa shape index (κ3) is 1.44. The molecule has 2 heteroatoms. The number of hydrogen-bond donors (Lipinski definition) is 0. The van der Waals surface area contributed by atoms with Crippen LogP contribution in [0.1, 0.15) is 20.8 Å². The van der Waals surface area contributed by atoms with Crippen molar-refractivity contribution in [3.05, 3.63) is 42.7 Å². The van der Waals surface area contributed by atoms with E-state index in [2.05, 4.69) is 60.7 Å². The van der Waals surface area contributed by atoms with Crippen molar-refractivity contribution in [1.82, 2.24) is 9.55 Å². The van der Waals surface area contributed by atoms with E-state index in [1.807, 2.05) is 12.4 Å². The summed E-state index contributed by atoms with van der Waals surface area (Å²) in [6.07, 6.45) is 3.82. The Morgan fingerprint density at radius 2 is 1.65 bits per heavy atom. The topological polar surface area (TPSA) is 17.8 Å². The fourth-order valence-corrected chi connectivity index (χ4v) is 2.54. The second-order valence-electron chi connectivity index (χ2n) is 5.42. The summed E-state index contributed by atoms with van der Waals surface area (Å²) in [4.78, 5) is 4.25. The molecule has 3 aromatic rings. The second-order valence-corrected chi connectivity index (χ2v) is 5.42. The average Bonchev–Trinajstić information content (AvgIpc) is 2.63. The SMILES string of the molecule is CC(C)(C)n1c2ccccc2c2cnccc21. The molecule has 0 saturated heterocycles. The molecular weight excluding hydrogens is 208 g/mol. The Morgan fingerprint density at radius 1 is 0.941 bits per heavy atom. The molecular formula is C15H16N2. The Kier molecular flexibility index (Phi) is 2.02. The first kappa shape index (κ1) is 10.3. The van der Waals surface area contributed by atoms with E-state index in [1.54, 1.807) is 0 Å². The summed E-state index contributed by atoms with van der Waals surface area (Å²) in [7, 11) is 0. The van der Waals surface area contributed by atoms with Crippen LogP contribution in [0.15, 0.2) is 42.7 Å². The fraction of sp³-hybridized carbons (Fsp3) is 0.267. The minimum Gasteiger partial charge on any atom is -0.335 e. The van der Waals surface area contributed by atoms with E-state index >= 15 is 0 Å². The smallest absolute Gasteiger partial charge is 0.0527 e. The van der Waals surface area contributed by atoms with Gasteiger partial charge in [0.05, 0.1) is 5.52 Å². The molecule has 0 N–H and O–H groups in total. The summed E-state index contributed by atoms with van der Waals surface area (Å²) in [6.45, 7) is 6.71. The van der Waals surface area contributed by atoms with E-state index in [4.69, 9.17) is 0 Å². The summed E-state index contributed by atoms with van der Waals surface area (Å²) in [5.41, 5.74) is 2.61. The van der Waals surface area contributed by atoms with Crippen LogP contribution in [0.25, 0.3) is 21.8 Å². The number of hydrogen-bond acceptors (Lipinski definition) is 1. The molecule has 0 aliphatic heterocycles. The van der Waals surface area contributed by atoms with E-state index in [0.29, 0.717) is 0 Å². The molecule has 17 heavy (non-hydrogen) atoms. The molecule has 0 atom stereocenters. The van der Waals surface area contributed by atoms with Gasteiger partial charge in [-0.2, -0.15) is 0 Å². The molecule has 0 spiro atoms. The van der Waals surface area contributed by atoms with Crippen LogP contribution in [0, 0.1) is 0 Å². The lowest BCUT2D eigenvalue weighted by Gasteiger charge is -2.24. The van der Waals surface area contributed by atoms with Gasteiger partial charge in [0.15, 0.2) is 0 Å². The van der Waals surface area contributed by atoms with Crippen molar-refractivity contribution < 1.29 is 0 Å². The highest BCUT2D eigenvalue weighted by Gasteiger charge is 2.19. The number of aromatic nitrogens is 2. The fourth-order valence-electron chi connectivity index (χ4n) is 2.54. The van der Waals surface area contributed by atoms with Crippen LogP contribution in [0.2, 0.25) is 0 Å². The lowest BCUT2D eigenvalue weighted by atomic mass is 10.1. The lowest BCUT2D eigenvalue weighted by molar-refractivity contribution is 0.423. The Morgan fingerprint density at radius 3 is 2.41 bits per heavy atom. The Balaban J connectivity index is 2.60. The van der Waals surface area contributed by atoms with Gasteiger partial charge in [0, 0.05) is 34.2 Å². The van der Waals surface area contributed by atoms with Crippen LogP contribution in [-0.4, -0.2) is 9.55 Å². The van der Waals surface area contributed by atoms with Crippen LogP contribution in [0.4, 0.5) is 0 Å². The van der Waals surface area contributed by atoms with Gasteiger partial charge in [0.2, 0.25) is 0 Å². The van der Waals surface area contributed by atoms with Crippen LogP contribution < -0.4 is 0 Å². The third-order valence-corrected chi connectivity index (χ3v) is 3.14. The van der Waals surface area contributed by atoms with E-state index in [9.17, 15) is 0 Å². The van der Waals surface area contributed by atoms with Gasteiger partial charge < -0.3 is 4.57 Å². The molecule has 2 heterocycles. The summed E-state index contributed by atoms with van der Waals surface area (Å²) < 4.78 is 2.39. The first-order valence-electron chi connectivity index (χ1n) is 5.93. The van der Waals surface area contributed by atoms with Crippen LogP contribution in [0.3, 0.4) is 0 Å². The summed E-state index contributed by atoms with van der Waals surface area (Å²) in [5.74, 6) is 0. The molecule has 86 valence electrons. The molecule has 0 bridgehead atoms. The third-order valence-electron chi connectivity index (χ3n) is 3.14. The van der Waals surface area contributed by atoms with Crippen molar-refractivity contribution >= 4 is 21.8 Å². The summed E-state index contributed by atoms with van der Waals surface area (Å²) >= 11 is 0. The van der Waals surface area contributed by atoms with E-state index in [1.165, 1.54) is 21.8 Å². The summed E-state index contributed by atoms with van der Waals surface area (Å²) in [6, 6.07) is 10.6. The maximum absolute atomic E-state index is 4.25. The highest BCUT2D eigenvalue weighted by molar-refractivity contribution is 6.07. The molecule has 0 aliphatic rings. The van der Waals surface area contributed by atoms with Crippen molar-refractivity contribution in [3.63, 3.8) is 0 Å². The second kappa shape index (κ2) is 3.33. The molecule has 2 aromatic heterocycles. The molecule has 1 aromatic carbocycles. The van der Waals surface area contributed by atoms with Gasteiger partial charge in [-0.05, 0) is 32.9 Å². The van der Waals surface area contributed by atoms with Crippen LogP contribution >= 0.6 is 0 Å². The zero-order valence-electron chi connectivity index (χ0n) is 10.4. The highest BCUT2D eigenvalue weighted by Crippen LogP contribution is 2.32. The number of rotatable bonds is 0. The Labute approximate surface area is 101 Å².